The quantitative estimate of drug-likeness (QED) is 0.717. The van der Waals surface area contributed by atoms with Crippen molar-refractivity contribution in [3.8, 4) is 0 Å². The van der Waals surface area contributed by atoms with Crippen molar-refractivity contribution < 1.29 is 9.90 Å². The Morgan fingerprint density at radius 2 is 1.80 bits per heavy atom. The van der Waals surface area contributed by atoms with Gasteiger partial charge in [-0.15, -0.1) is 0 Å². The van der Waals surface area contributed by atoms with E-state index in [1.165, 1.54) is 0 Å². The van der Waals surface area contributed by atoms with Crippen LogP contribution in [0.1, 0.15) is 33.6 Å². The van der Waals surface area contributed by atoms with Gasteiger partial charge in [0.05, 0.1) is 12.6 Å². The molecule has 1 unspecified atom stereocenters. The Balaban J connectivity index is 2.45. The highest BCUT2D eigenvalue weighted by molar-refractivity contribution is 5.81. The zero-order chi connectivity index (χ0) is 15.2. The molecular weight excluding hydrogens is 254 g/mol. The zero-order valence-corrected chi connectivity index (χ0v) is 13.5. The fraction of sp³-hybridized carbons (Fsp3) is 0.933. The average molecular weight is 285 g/mol. The molecule has 2 N–H and O–H groups in total. The SMILES string of the molecule is CCC(CC)(CO)CNC(=O)C(C)N1CCN(C)CC1. The van der Waals surface area contributed by atoms with Crippen LogP contribution in [0.15, 0.2) is 0 Å². The number of likely N-dealkylation sites (N-methyl/N-ethyl adjacent to an activating group) is 1. The topological polar surface area (TPSA) is 55.8 Å². The Bertz CT molecular complexity index is 289. The maximum Gasteiger partial charge on any atom is 0.237 e. The van der Waals surface area contributed by atoms with E-state index in [1.54, 1.807) is 0 Å². The van der Waals surface area contributed by atoms with E-state index in [4.69, 9.17) is 0 Å². The summed E-state index contributed by atoms with van der Waals surface area (Å²) in [5, 5.41) is 12.6. The number of nitrogens with one attached hydrogen (secondary N) is 1. The van der Waals surface area contributed by atoms with Crippen molar-refractivity contribution in [3.05, 3.63) is 0 Å². The molecule has 1 saturated heterocycles. The summed E-state index contributed by atoms with van der Waals surface area (Å²) in [6, 6.07) is -0.0891. The number of carbonyl (C=O) groups is 1. The minimum absolute atomic E-state index is 0.0780. The number of rotatable bonds is 7. The predicted octanol–water partition coefficient (Wildman–Crippen LogP) is 0.537. The van der Waals surface area contributed by atoms with E-state index in [-0.39, 0.29) is 24.0 Å². The molecule has 5 heteroatoms. The second-order valence-corrected chi connectivity index (χ2v) is 6.10. The highest BCUT2D eigenvalue weighted by Crippen LogP contribution is 2.24. The summed E-state index contributed by atoms with van der Waals surface area (Å²) in [6.45, 7) is 10.7. The molecule has 0 bridgehead atoms. The van der Waals surface area contributed by atoms with E-state index in [9.17, 15) is 9.90 Å². The van der Waals surface area contributed by atoms with E-state index in [0.29, 0.717) is 6.54 Å². The number of nitrogens with zero attached hydrogens (tertiary/aromatic N) is 2. The third kappa shape index (κ3) is 4.43. The molecule has 1 aliphatic rings. The molecule has 0 spiro atoms. The molecule has 1 rings (SSSR count). The Hall–Kier alpha value is -0.650. The molecule has 20 heavy (non-hydrogen) atoms. The first kappa shape index (κ1) is 17.4. The minimum atomic E-state index is -0.169. The second kappa shape index (κ2) is 7.96. The van der Waals surface area contributed by atoms with E-state index >= 15 is 0 Å². The predicted molar refractivity (Wildman–Crippen MR) is 81.6 cm³/mol. The normalized spacial score (nSPS) is 19.9. The van der Waals surface area contributed by atoms with E-state index in [0.717, 1.165) is 39.0 Å². The lowest BCUT2D eigenvalue weighted by Crippen LogP contribution is -2.54. The minimum Gasteiger partial charge on any atom is -0.396 e. The molecule has 0 saturated carbocycles. The van der Waals surface area contributed by atoms with Crippen LogP contribution in [0.4, 0.5) is 0 Å². The third-order valence-electron chi connectivity index (χ3n) is 4.94. The molecule has 1 amide bonds. The molecule has 0 aromatic carbocycles. The van der Waals surface area contributed by atoms with Gasteiger partial charge in [0.25, 0.3) is 0 Å². The van der Waals surface area contributed by atoms with Crippen LogP contribution in [0.25, 0.3) is 0 Å². The highest BCUT2D eigenvalue weighted by Gasteiger charge is 2.29. The summed E-state index contributed by atoms with van der Waals surface area (Å²) in [7, 11) is 2.11. The maximum absolute atomic E-state index is 12.3. The van der Waals surface area contributed by atoms with Crippen LogP contribution in [-0.2, 0) is 4.79 Å². The van der Waals surface area contributed by atoms with Gasteiger partial charge in [-0.2, -0.15) is 0 Å². The summed E-state index contributed by atoms with van der Waals surface area (Å²) in [5.74, 6) is 0.0780. The number of hydrogen-bond acceptors (Lipinski definition) is 4. The van der Waals surface area contributed by atoms with Gasteiger partial charge >= 0.3 is 0 Å². The van der Waals surface area contributed by atoms with Gasteiger partial charge < -0.3 is 15.3 Å². The monoisotopic (exact) mass is 285 g/mol. The molecule has 1 aliphatic heterocycles. The largest absolute Gasteiger partial charge is 0.396 e. The van der Waals surface area contributed by atoms with E-state index in [1.807, 2.05) is 6.92 Å². The molecule has 1 atom stereocenters. The van der Waals surface area contributed by atoms with Crippen LogP contribution in [0.2, 0.25) is 0 Å². The van der Waals surface area contributed by atoms with Gasteiger partial charge in [0.2, 0.25) is 5.91 Å². The van der Waals surface area contributed by atoms with E-state index in [2.05, 4.69) is 36.0 Å². The molecule has 0 aromatic heterocycles. The maximum atomic E-state index is 12.3. The smallest absolute Gasteiger partial charge is 0.237 e. The van der Waals surface area contributed by atoms with Crippen molar-refractivity contribution in [1.82, 2.24) is 15.1 Å². The van der Waals surface area contributed by atoms with Gasteiger partial charge in [-0.3, -0.25) is 9.69 Å². The third-order valence-corrected chi connectivity index (χ3v) is 4.94. The van der Waals surface area contributed by atoms with E-state index < -0.39 is 0 Å². The summed E-state index contributed by atoms with van der Waals surface area (Å²) in [5.41, 5.74) is -0.169. The second-order valence-electron chi connectivity index (χ2n) is 6.10. The van der Waals surface area contributed by atoms with Crippen molar-refractivity contribution in [2.45, 2.75) is 39.7 Å². The fourth-order valence-electron chi connectivity index (χ4n) is 2.58. The average Bonchev–Trinajstić information content (AvgIpc) is 2.49. The summed E-state index contributed by atoms with van der Waals surface area (Å²) in [6.07, 6.45) is 1.76. The number of piperazine rings is 1. The molecular formula is C15H31N3O2. The first-order valence-corrected chi connectivity index (χ1v) is 7.79. The van der Waals surface area contributed by atoms with Crippen molar-refractivity contribution in [1.29, 1.82) is 0 Å². The number of aliphatic hydroxyl groups is 1. The van der Waals surface area contributed by atoms with Crippen molar-refractivity contribution in [2.24, 2.45) is 5.41 Å². The van der Waals surface area contributed by atoms with Gasteiger partial charge in [-0.1, -0.05) is 13.8 Å². The lowest BCUT2D eigenvalue weighted by Gasteiger charge is -2.36. The van der Waals surface area contributed by atoms with Crippen molar-refractivity contribution >= 4 is 5.91 Å². The first-order chi connectivity index (χ1) is 9.48. The Morgan fingerprint density at radius 1 is 1.25 bits per heavy atom. The molecule has 1 fully saturated rings. The molecule has 118 valence electrons. The number of carbonyl (C=O) groups excluding carboxylic acids is 1. The van der Waals surface area contributed by atoms with Crippen LogP contribution >= 0.6 is 0 Å². The summed E-state index contributed by atoms with van der Waals surface area (Å²) in [4.78, 5) is 16.8. The van der Waals surface area contributed by atoms with Gasteiger partial charge in [-0.05, 0) is 26.8 Å². The van der Waals surface area contributed by atoms with Crippen LogP contribution in [0.5, 0.6) is 0 Å². The van der Waals surface area contributed by atoms with Gasteiger partial charge in [0.1, 0.15) is 0 Å². The summed E-state index contributed by atoms with van der Waals surface area (Å²) >= 11 is 0. The van der Waals surface area contributed by atoms with Crippen LogP contribution in [0.3, 0.4) is 0 Å². The van der Waals surface area contributed by atoms with Crippen LogP contribution < -0.4 is 5.32 Å². The molecule has 0 aromatic rings. The van der Waals surface area contributed by atoms with Crippen molar-refractivity contribution in [3.63, 3.8) is 0 Å². The molecule has 1 heterocycles. The van der Waals surface area contributed by atoms with Crippen LogP contribution in [0, 0.1) is 5.41 Å². The fourth-order valence-corrected chi connectivity index (χ4v) is 2.58. The Kier molecular flexibility index (Phi) is 6.92. The van der Waals surface area contributed by atoms with Crippen LogP contribution in [-0.4, -0.2) is 73.2 Å². The lowest BCUT2D eigenvalue weighted by atomic mass is 9.83. The van der Waals surface area contributed by atoms with Gasteiger partial charge in [-0.25, -0.2) is 0 Å². The molecule has 5 nitrogen and oxygen atoms in total. The first-order valence-electron chi connectivity index (χ1n) is 7.79. The Labute approximate surface area is 123 Å². The van der Waals surface area contributed by atoms with Gasteiger partial charge in [0.15, 0.2) is 0 Å². The Morgan fingerprint density at radius 3 is 2.25 bits per heavy atom. The van der Waals surface area contributed by atoms with Crippen molar-refractivity contribution in [2.75, 3.05) is 46.4 Å². The molecule has 0 aliphatic carbocycles. The summed E-state index contributed by atoms with van der Waals surface area (Å²) < 4.78 is 0. The zero-order valence-electron chi connectivity index (χ0n) is 13.5. The highest BCUT2D eigenvalue weighted by atomic mass is 16.3. The number of amides is 1. The standard InChI is InChI=1S/C15H31N3O2/c1-5-15(6-2,12-19)11-16-14(20)13(3)18-9-7-17(4)8-10-18/h13,19H,5-12H2,1-4H3,(H,16,20). The molecule has 0 radical (unpaired) electrons. The number of aliphatic hydroxyl groups excluding tert-OH is 1. The van der Waals surface area contributed by atoms with Gasteiger partial charge in [0, 0.05) is 38.1 Å². The lowest BCUT2D eigenvalue weighted by molar-refractivity contribution is -0.127. The number of hydrogen-bond donors (Lipinski definition) is 2.